The van der Waals surface area contributed by atoms with Crippen molar-refractivity contribution < 1.29 is 13.9 Å². The number of carbonyl (C=O) groups is 1. The van der Waals surface area contributed by atoms with Crippen LogP contribution < -0.4 is 0 Å². The summed E-state index contributed by atoms with van der Waals surface area (Å²) in [4.78, 5) is 11.3. The van der Waals surface area contributed by atoms with E-state index < -0.39 is 5.97 Å². The lowest BCUT2D eigenvalue weighted by atomic mass is 9.97. The Balaban J connectivity index is 3.21. The summed E-state index contributed by atoms with van der Waals surface area (Å²) >= 11 is 0. The summed E-state index contributed by atoms with van der Waals surface area (Å²) < 4.78 is 17.5. The van der Waals surface area contributed by atoms with Crippen molar-refractivity contribution in [2.45, 2.75) is 13.8 Å². The number of methoxy groups -OCH3 is 1. The molecule has 0 N–H and O–H groups in total. The van der Waals surface area contributed by atoms with Crippen molar-refractivity contribution in [2.24, 2.45) is 0 Å². The Labute approximate surface area is 82.7 Å². The van der Waals surface area contributed by atoms with Crippen LogP contribution in [0.3, 0.4) is 0 Å². The van der Waals surface area contributed by atoms with Crippen molar-refractivity contribution in [2.75, 3.05) is 7.11 Å². The molecule has 14 heavy (non-hydrogen) atoms. The molecular formula is C11H12FO2. The van der Waals surface area contributed by atoms with E-state index in [9.17, 15) is 9.18 Å². The lowest BCUT2D eigenvalue weighted by Gasteiger charge is -2.10. The Morgan fingerprint density at radius 2 is 1.93 bits per heavy atom. The van der Waals surface area contributed by atoms with Gasteiger partial charge in [0.05, 0.1) is 12.7 Å². The summed E-state index contributed by atoms with van der Waals surface area (Å²) in [6, 6.07) is 4.02. The first-order valence-corrected chi connectivity index (χ1v) is 4.24. The fourth-order valence-corrected chi connectivity index (χ4v) is 1.22. The maximum Gasteiger partial charge on any atom is 0.338 e. The van der Waals surface area contributed by atoms with E-state index in [1.165, 1.54) is 25.3 Å². The van der Waals surface area contributed by atoms with Gasteiger partial charge in [0.25, 0.3) is 0 Å². The highest BCUT2D eigenvalue weighted by Gasteiger charge is 2.14. The van der Waals surface area contributed by atoms with E-state index in [2.05, 4.69) is 4.74 Å². The summed E-state index contributed by atoms with van der Waals surface area (Å²) in [6.45, 7) is 3.64. The molecule has 0 aliphatic heterocycles. The van der Waals surface area contributed by atoms with Gasteiger partial charge in [-0.1, -0.05) is 13.8 Å². The molecule has 2 nitrogen and oxygen atoms in total. The van der Waals surface area contributed by atoms with Crippen molar-refractivity contribution >= 4 is 5.97 Å². The maximum absolute atomic E-state index is 12.9. The number of rotatable bonds is 2. The van der Waals surface area contributed by atoms with Gasteiger partial charge in [-0.15, -0.1) is 0 Å². The lowest BCUT2D eigenvalue weighted by molar-refractivity contribution is 0.0599. The standard InChI is InChI=1S/C11H12FO2/c1-7(2)10-6-8(12)4-5-9(10)11(13)14-3/h4-6H,1-3H3. The third-order valence-electron chi connectivity index (χ3n) is 1.93. The Hall–Kier alpha value is -1.38. The van der Waals surface area contributed by atoms with Crippen LogP contribution in [0.25, 0.3) is 0 Å². The van der Waals surface area contributed by atoms with Gasteiger partial charge in [0.1, 0.15) is 5.82 Å². The number of hydrogen-bond acceptors (Lipinski definition) is 2. The molecular weight excluding hydrogens is 183 g/mol. The van der Waals surface area contributed by atoms with Crippen LogP contribution in [0.4, 0.5) is 4.39 Å². The van der Waals surface area contributed by atoms with Crippen molar-refractivity contribution in [1.82, 2.24) is 0 Å². The summed E-state index contributed by atoms with van der Waals surface area (Å²) in [6.07, 6.45) is 0. The third-order valence-corrected chi connectivity index (χ3v) is 1.93. The molecule has 0 bridgehead atoms. The van der Waals surface area contributed by atoms with Crippen LogP contribution in [0, 0.1) is 11.7 Å². The highest BCUT2D eigenvalue weighted by molar-refractivity contribution is 5.91. The van der Waals surface area contributed by atoms with E-state index in [4.69, 9.17) is 0 Å². The molecule has 0 saturated carbocycles. The van der Waals surface area contributed by atoms with Crippen molar-refractivity contribution in [3.8, 4) is 0 Å². The normalized spacial score (nSPS) is 10.4. The third kappa shape index (κ3) is 2.10. The predicted molar refractivity (Wildman–Crippen MR) is 51.4 cm³/mol. The van der Waals surface area contributed by atoms with E-state index in [0.717, 1.165) is 5.92 Å². The molecule has 1 rings (SSSR count). The van der Waals surface area contributed by atoms with Crippen LogP contribution in [0.2, 0.25) is 0 Å². The first-order valence-electron chi connectivity index (χ1n) is 4.24. The smallest absolute Gasteiger partial charge is 0.338 e. The minimum atomic E-state index is -0.443. The molecule has 3 heteroatoms. The molecule has 0 amide bonds. The molecule has 0 fully saturated rings. The average Bonchev–Trinajstić information content (AvgIpc) is 2.16. The minimum Gasteiger partial charge on any atom is -0.465 e. The predicted octanol–water partition coefficient (Wildman–Crippen LogP) is 2.57. The van der Waals surface area contributed by atoms with E-state index >= 15 is 0 Å². The number of carbonyl (C=O) groups excluding carboxylic acids is 1. The van der Waals surface area contributed by atoms with Crippen molar-refractivity contribution in [3.63, 3.8) is 0 Å². The molecule has 0 aliphatic rings. The van der Waals surface area contributed by atoms with Gasteiger partial charge in [0.15, 0.2) is 0 Å². The summed E-state index contributed by atoms with van der Waals surface area (Å²) in [7, 11) is 1.31. The van der Waals surface area contributed by atoms with Crippen LogP contribution in [0.5, 0.6) is 0 Å². The monoisotopic (exact) mass is 195 g/mol. The quantitative estimate of drug-likeness (QED) is 0.678. The number of halogens is 1. The molecule has 0 spiro atoms. The highest BCUT2D eigenvalue weighted by atomic mass is 19.1. The van der Waals surface area contributed by atoms with Crippen LogP contribution in [-0.2, 0) is 4.74 Å². The van der Waals surface area contributed by atoms with Gasteiger partial charge in [-0.2, -0.15) is 0 Å². The second-order valence-corrected chi connectivity index (χ2v) is 3.18. The fraction of sp³-hybridized carbons (Fsp3) is 0.273. The lowest BCUT2D eigenvalue weighted by Crippen LogP contribution is -2.07. The van der Waals surface area contributed by atoms with E-state index in [-0.39, 0.29) is 5.82 Å². The Kier molecular flexibility index (Phi) is 3.23. The average molecular weight is 195 g/mol. The Morgan fingerprint density at radius 3 is 2.43 bits per heavy atom. The summed E-state index contributed by atoms with van der Waals surface area (Å²) in [5.41, 5.74) is 0.991. The number of ether oxygens (including phenoxy) is 1. The molecule has 1 aromatic rings. The Bertz CT molecular complexity index is 345. The first-order chi connectivity index (χ1) is 6.56. The largest absolute Gasteiger partial charge is 0.465 e. The molecule has 0 heterocycles. The highest BCUT2D eigenvalue weighted by Crippen LogP contribution is 2.20. The Morgan fingerprint density at radius 1 is 1.29 bits per heavy atom. The first kappa shape index (κ1) is 10.7. The van der Waals surface area contributed by atoms with Gasteiger partial charge in [0.2, 0.25) is 0 Å². The van der Waals surface area contributed by atoms with Crippen LogP contribution >= 0.6 is 0 Å². The van der Waals surface area contributed by atoms with Gasteiger partial charge in [-0.3, -0.25) is 0 Å². The topological polar surface area (TPSA) is 26.3 Å². The molecule has 0 saturated heterocycles. The number of hydrogen-bond donors (Lipinski definition) is 0. The zero-order chi connectivity index (χ0) is 10.7. The SMILES string of the molecule is COC(=O)c1ccc(F)cc1[C](C)C. The molecule has 75 valence electrons. The van der Waals surface area contributed by atoms with Gasteiger partial charge in [-0.05, 0) is 29.7 Å². The maximum atomic E-state index is 12.9. The van der Waals surface area contributed by atoms with Crippen LogP contribution in [0.1, 0.15) is 29.8 Å². The van der Waals surface area contributed by atoms with E-state index in [0.29, 0.717) is 11.1 Å². The molecule has 0 aromatic heterocycles. The molecule has 1 aromatic carbocycles. The van der Waals surface area contributed by atoms with Gasteiger partial charge >= 0.3 is 5.97 Å². The second-order valence-electron chi connectivity index (χ2n) is 3.18. The number of benzene rings is 1. The van der Waals surface area contributed by atoms with E-state index in [1.807, 2.05) is 13.8 Å². The molecule has 0 unspecified atom stereocenters. The fourth-order valence-electron chi connectivity index (χ4n) is 1.22. The van der Waals surface area contributed by atoms with Crippen LogP contribution in [-0.4, -0.2) is 13.1 Å². The number of esters is 1. The molecule has 0 aliphatic carbocycles. The summed E-state index contributed by atoms with van der Waals surface area (Å²) in [5.74, 6) is 0.0833. The zero-order valence-corrected chi connectivity index (χ0v) is 8.43. The van der Waals surface area contributed by atoms with Gasteiger partial charge in [0, 0.05) is 0 Å². The van der Waals surface area contributed by atoms with Gasteiger partial charge < -0.3 is 4.74 Å². The van der Waals surface area contributed by atoms with Crippen LogP contribution in [0.15, 0.2) is 18.2 Å². The zero-order valence-electron chi connectivity index (χ0n) is 8.43. The molecule has 1 radical (unpaired) electrons. The molecule has 0 atom stereocenters. The summed E-state index contributed by atoms with van der Waals surface area (Å²) in [5, 5.41) is 0. The van der Waals surface area contributed by atoms with Gasteiger partial charge in [-0.25, -0.2) is 9.18 Å². The minimum absolute atomic E-state index is 0.353. The van der Waals surface area contributed by atoms with Crippen molar-refractivity contribution in [1.29, 1.82) is 0 Å². The van der Waals surface area contributed by atoms with Crippen molar-refractivity contribution in [3.05, 3.63) is 41.1 Å². The van der Waals surface area contributed by atoms with E-state index in [1.54, 1.807) is 0 Å². The second kappa shape index (κ2) is 4.22.